The molecule has 0 aliphatic carbocycles. The predicted molar refractivity (Wildman–Crippen MR) is 113 cm³/mol. The average molecular weight is 380 g/mol. The molecule has 0 saturated carbocycles. The third kappa shape index (κ3) is 20.8. The first-order valence-electron chi connectivity index (χ1n) is 11.0. The van der Waals surface area contributed by atoms with Gasteiger partial charge >= 0.3 is 5.97 Å². The van der Waals surface area contributed by atoms with Crippen molar-refractivity contribution < 1.29 is 14.3 Å². The smallest absolute Gasteiger partial charge is 0.333 e. The minimum atomic E-state index is -0.267. The second kappa shape index (κ2) is 20.9. The molecule has 0 rings (SSSR count). The number of rotatable bonds is 20. The van der Waals surface area contributed by atoms with Crippen molar-refractivity contribution >= 4 is 12.0 Å². The molecule has 0 N–H and O–H groups in total. The standard InChI is InChI=1S/C23H41NO3/c1-22(2)23(26)27-20-18-16-14-12-10-8-6-4-3-5-7-9-11-13-15-17-19-24-21-25/h1,3-20H2,2H3. The van der Waals surface area contributed by atoms with Crippen LogP contribution in [0.3, 0.4) is 0 Å². The SMILES string of the molecule is C=C(C)C(=O)OCCCCCCCCCCCCCCCCCCN=C=O. The van der Waals surface area contributed by atoms with Crippen LogP contribution in [0.15, 0.2) is 17.1 Å². The molecule has 4 heteroatoms. The van der Waals surface area contributed by atoms with Gasteiger partial charge in [0, 0.05) is 5.57 Å². The van der Waals surface area contributed by atoms with E-state index in [1.807, 2.05) is 0 Å². The molecule has 0 atom stereocenters. The number of aliphatic imine (C=N–C) groups is 1. The summed E-state index contributed by atoms with van der Waals surface area (Å²) in [5, 5.41) is 0. The van der Waals surface area contributed by atoms with Crippen LogP contribution in [0.1, 0.15) is 110 Å². The third-order valence-corrected chi connectivity index (χ3v) is 4.81. The number of hydrogen-bond donors (Lipinski definition) is 0. The van der Waals surface area contributed by atoms with Crippen molar-refractivity contribution in [1.29, 1.82) is 0 Å². The monoisotopic (exact) mass is 379 g/mol. The second-order valence-corrected chi connectivity index (χ2v) is 7.55. The highest BCUT2D eigenvalue weighted by Crippen LogP contribution is 2.13. The molecule has 0 aromatic heterocycles. The average Bonchev–Trinajstić information content (AvgIpc) is 2.66. The molecule has 27 heavy (non-hydrogen) atoms. The molecule has 0 spiro atoms. The highest BCUT2D eigenvalue weighted by molar-refractivity contribution is 5.86. The van der Waals surface area contributed by atoms with E-state index in [4.69, 9.17) is 4.74 Å². The van der Waals surface area contributed by atoms with Crippen molar-refractivity contribution in [2.45, 2.75) is 110 Å². The van der Waals surface area contributed by atoms with Gasteiger partial charge in [-0.05, 0) is 19.8 Å². The maximum Gasteiger partial charge on any atom is 0.333 e. The number of isocyanates is 1. The lowest BCUT2D eigenvalue weighted by Crippen LogP contribution is -2.05. The number of carbonyl (C=O) groups is 1. The zero-order valence-electron chi connectivity index (χ0n) is 17.6. The zero-order valence-corrected chi connectivity index (χ0v) is 17.6. The fourth-order valence-electron chi connectivity index (χ4n) is 3.10. The Morgan fingerprint density at radius 2 is 1.11 bits per heavy atom. The van der Waals surface area contributed by atoms with E-state index in [1.54, 1.807) is 13.0 Å². The van der Waals surface area contributed by atoms with Gasteiger partial charge in [-0.2, -0.15) is 0 Å². The summed E-state index contributed by atoms with van der Waals surface area (Å²) in [5.41, 5.74) is 0.480. The van der Waals surface area contributed by atoms with Crippen molar-refractivity contribution in [3.63, 3.8) is 0 Å². The van der Waals surface area contributed by atoms with Gasteiger partial charge in [-0.1, -0.05) is 96.5 Å². The summed E-state index contributed by atoms with van der Waals surface area (Å²) in [6.45, 7) is 6.43. The molecule has 0 unspecified atom stereocenters. The second-order valence-electron chi connectivity index (χ2n) is 7.55. The Kier molecular flexibility index (Phi) is 19.8. The van der Waals surface area contributed by atoms with Crippen LogP contribution >= 0.6 is 0 Å². The predicted octanol–water partition coefficient (Wildman–Crippen LogP) is 6.68. The van der Waals surface area contributed by atoms with E-state index in [1.165, 1.54) is 83.5 Å². The molecule has 0 aliphatic rings. The van der Waals surface area contributed by atoms with Gasteiger partial charge in [0.25, 0.3) is 0 Å². The quantitative estimate of drug-likeness (QED) is 0.0779. The number of carbonyl (C=O) groups excluding carboxylic acids is 2. The van der Waals surface area contributed by atoms with Crippen LogP contribution < -0.4 is 0 Å². The van der Waals surface area contributed by atoms with E-state index in [2.05, 4.69) is 11.6 Å². The number of unbranched alkanes of at least 4 members (excludes halogenated alkanes) is 15. The molecule has 156 valence electrons. The summed E-state index contributed by atoms with van der Waals surface area (Å²) < 4.78 is 5.08. The van der Waals surface area contributed by atoms with Crippen LogP contribution in [0.4, 0.5) is 0 Å². The van der Waals surface area contributed by atoms with Crippen LogP contribution in [0, 0.1) is 0 Å². The molecule has 0 aromatic carbocycles. The van der Waals surface area contributed by atoms with Crippen molar-refractivity contribution in [1.82, 2.24) is 0 Å². The molecule has 0 amide bonds. The summed E-state index contributed by atoms with van der Waals surface area (Å²) >= 11 is 0. The lowest BCUT2D eigenvalue weighted by molar-refractivity contribution is -0.139. The number of nitrogens with zero attached hydrogens (tertiary/aromatic N) is 1. The summed E-state index contributed by atoms with van der Waals surface area (Å²) in [6, 6.07) is 0. The Hall–Kier alpha value is -1.41. The molecule has 0 bridgehead atoms. The molecule has 0 fully saturated rings. The molecule has 0 aliphatic heterocycles. The van der Waals surface area contributed by atoms with Gasteiger partial charge in [-0.3, -0.25) is 0 Å². The van der Waals surface area contributed by atoms with Crippen molar-refractivity contribution in [2.75, 3.05) is 13.2 Å². The third-order valence-electron chi connectivity index (χ3n) is 4.81. The summed E-state index contributed by atoms with van der Waals surface area (Å²) in [6.07, 6.45) is 21.9. The Balaban J connectivity index is 3.08. The summed E-state index contributed by atoms with van der Waals surface area (Å²) in [5.74, 6) is -0.267. The van der Waals surface area contributed by atoms with E-state index in [9.17, 15) is 9.59 Å². The van der Waals surface area contributed by atoms with Gasteiger partial charge in [-0.15, -0.1) is 0 Å². The molecule has 0 radical (unpaired) electrons. The maximum atomic E-state index is 11.2. The molecule has 0 heterocycles. The van der Waals surface area contributed by atoms with E-state index in [0.717, 1.165) is 19.3 Å². The Bertz CT molecular complexity index is 414. The number of esters is 1. The van der Waals surface area contributed by atoms with Crippen molar-refractivity contribution in [3.8, 4) is 0 Å². The van der Waals surface area contributed by atoms with Crippen LogP contribution in [-0.2, 0) is 14.3 Å². The van der Waals surface area contributed by atoms with Gasteiger partial charge < -0.3 is 4.74 Å². The van der Waals surface area contributed by atoms with Gasteiger partial charge in [0.05, 0.1) is 13.2 Å². The van der Waals surface area contributed by atoms with E-state index in [0.29, 0.717) is 18.7 Å². The fourth-order valence-corrected chi connectivity index (χ4v) is 3.10. The normalized spacial score (nSPS) is 10.4. The number of ether oxygens (including phenoxy) is 1. The largest absolute Gasteiger partial charge is 0.462 e. The molecule has 4 nitrogen and oxygen atoms in total. The minimum Gasteiger partial charge on any atom is -0.462 e. The first kappa shape index (κ1) is 25.6. The molecular weight excluding hydrogens is 338 g/mol. The zero-order chi connectivity index (χ0) is 20.0. The highest BCUT2D eigenvalue weighted by Gasteiger charge is 2.01. The lowest BCUT2D eigenvalue weighted by Gasteiger charge is -2.05. The van der Waals surface area contributed by atoms with Crippen LogP contribution in [0.25, 0.3) is 0 Å². The number of hydrogen-bond acceptors (Lipinski definition) is 4. The van der Waals surface area contributed by atoms with Gasteiger partial charge in [-0.25, -0.2) is 14.6 Å². The Morgan fingerprint density at radius 1 is 0.741 bits per heavy atom. The first-order chi connectivity index (χ1) is 13.2. The maximum absolute atomic E-state index is 11.2. The van der Waals surface area contributed by atoms with E-state index < -0.39 is 0 Å². The molecular formula is C23H41NO3. The Morgan fingerprint density at radius 3 is 1.48 bits per heavy atom. The Labute approximate surface area is 166 Å². The van der Waals surface area contributed by atoms with Crippen LogP contribution in [0.2, 0.25) is 0 Å². The van der Waals surface area contributed by atoms with E-state index in [-0.39, 0.29) is 5.97 Å². The highest BCUT2D eigenvalue weighted by atomic mass is 16.5. The van der Waals surface area contributed by atoms with Gasteiger partial charge in [0.1, 0.15) is 0 Å². The molecule has 0 saturated heterocycles. The van der Waals surface area contributed by atoms with Gasteiger partial charge in [0.15, 0.2) is 0 Å². The van der Waals surface area contributed by atoms with Crippen molar-refractivity contribution in [2.24, 2.45) is 4.99 Å². The van der Waals surface area contributed by atoms with Gasteiger partial charge in [0.2, 0.25) is 6.08 Å². The molecule has 0 aromatic rings. The fraction of sp³-hybridized carbons (Fsp3) is 0.826. The lowest BCUT2D eigenvalue weighted by atomic mass is 10.0. The topological polar surface area (TPSA) is 55.7 Å². The van der Waals surface area contributed by atoms with Crippen LogP contribution in [0.5, 0.6) is 0 Å². The summed E-state index contributed by atoms with van der Waals surface area (Å²) in [7, 11) is 0. The van der Waals surface area contributed by atoms with E-state index >= 15 is 0 Å². The summed E-state index contributed by atoms with van der Waals surface area (Å²) in [4.78, 5) is 24.7. The minimum absolute atomic E-state index is 0.267. The first-order valence-corrected chi connectivity index (χ1v) is 11.0. The van der Waals surface area contributed by atoms with Crippen molar-refractivity contribution in [3.05, 3.63) is 12.2 Å². The van der Waals surface area contributed by atoms with Crippen LogP contribution in [-0.4, -0.2) is 25.2 Å².